The van der Waals surface area contributed by atoms with Crippen LogP contribution in [0, 0.1) is 6.92 Å². The molecule has 0 spiro atoms. The highest BCUT2D eigenvalue weighted by atomic mass is 32.1. The third-order valence-corrected chi connectivity index (χ3v) is 4.53. The van der Waals surface area contributed by atoms with Crippen LogP contribution in [0.3, 0.4) is 0 Å². The fourth-order valence-corrected chi connectivity index (χ4v) is 3.09. The summed E-state index contributed by atoms with van der Waals surface area (Å²) < 4.78 is 1.56. The number of carbonyl (C=O) groups is 1. The predicted octanol–water partition coefficient (Wildman–Crippen LogP) is 2.47. The maximum atomic E-state index is 12.5. The van der Waals surface area contributed by atoms with Gasteiger partial charge in [-0.2, -0.15) is 0 Å². The van der Waals surface area contributed by atoms with Gasteiger partial charge in [-0.3, -0.25) is 14.2 Å². The van der Waals surface area contributed by atoms with Gasteiger partial charge < -0.3 is 5.32 Å². The zero-order valence-electron chi connectivity index (χ0n) is 12.8. The molecule has 0 aliphatic heterocycles. The van der Waals surface area contributed by atoms with Gasteiger partial charge in [-0.25, -0.2) is 4.98 Å². The van der Waals surface area contributed by atoms with Crippen LogP contribution < -0.4 is 10.9 Å². The Morgan fingerprint density at radius 2 is 2.09 bits per heavy atom. The number of hydrogen-bond donors (Lipinski definition) is 1. The maximum Gasteiger partial charge on any atom is 0.261 e. The average molecular weight is 327 g/mol. The molecule has 6 heteroatoms. The maximum absolute atomic E-state index is 12.5. The lowest BCUT2D eigenvalue weighted by Crippen LogP contribution is -2.28. The Hall–Kier alpha value is -2.47. The molecule has 3 rings (SSSR count). The molecule has 0 atom stereocenters. The van der Waals surface area contributed by atoms with E-state index < -0.39 is 0 Å². The number of hydrogen-bond acceptors (Lipinski definition) is 4. The van der Waals surface area contributed by atoms with Crippen molar-refractivity contribution in [3.8, 4) is 0 Å². The Labute approximate surface area is 137 Å². The van der Waals surface area contributed by atoms with Crippen LogP contribution >= 0.6 is 11.3 Å². The lowest BCUT2D eigenvalue weighted by Gasteiger charge is -2.10. The van der Waals surface area contributed by atoms with E-state index in [9.17, 15) is 9.59 Å². The molecule has 118 valence electrons. The van der Waals surface area contributed by atoms with Gasteiger partial charge in [0.15, 0.2) is 0 Å². The molecule has 5 nitrogen and oxygen atoms in total. The molecular formula is C17H17N3O2S. The topological polar surface area (TPSA) is 64.0 Å². The molecule has 0 fully saturated rings. The SMILES string of the molecule is Cc1nc2ccccc2c(=O)n1CCC(=O)NCc1cccs1. The summed E-state index contributed by atoms with van der Waals surface area (Å²) in [7, 11) is 0. The smallest absolute Gasteiger partial charge is 0.261 e. The van der Waals surface area contributed by atoms with E-state index in [2.05, 4.69) is 10.3 Å². The standard InChI is InChI=1S/C17H17N3O2S/c1-12-19-15-7-3-2-6-14(15)17(22)20(12)9-8-16(21)18-11-13-5-4-10-23-13/h2-7,10H,8-9,11H2,1H3,(H,18,21). The van der Waals surface area contributed by atoms with Gasteiger partial charge in [0.25, 0.3) is 5.56 Å². The van der Waals surface area contributed by atoms with Crippen molar-refractivity contribution in [2.75, 3.05) is 0 Å². The summed E-state index contributed by atoms with van der Waals surface area (Å²) in [4.78, 5) is 30.0. The zero-order valence-corrected chi connectivity index (χ0v) is 13.6. The molecule has 1 N–H and O–H groups in total. The number of aromatic nitrogens is 2. The fourth-order valence-electron chi connectivity index (χ4n) is 2.44. The largest absolute Gasteiger partial charge is 0.351 e. The molecular weight excluding hydrogens is 310 g/mol. The monoisotopic (exact) mass is 327 g/mol. The Balaban J connectivity index is 1.69. The second-order valence-corrected chi connectivity index (χ2v) is 6.27. The van der Waals surface area contributed by atoms with E-state index in [0.29, 0.717) is 29.8 Å². The minimum Gasteiger partial charge on any atom is -0.351 e. The van der Waals surface area contributed by atoms with Crippen molar-refractivity contribution >= 4 is 28.1 Å². The summed E-state index contributed by atoms with van der Waals surface area (Å²) in [5.74, 6) is 0.553. The molecule has 0 aliphatic carbocycles. The number of fused-ring (bicyclic) bond motifs is 1. The Morgan fingerprint density at radius 1 is 1.26 bits per heavy atom. The van der Waals surface area contributed by atoms with Crippen LogP contribution in [0.2, 0.25) is 0 Å². The Kier molecular flexibility index (Phi) is 4.52. The van der Waals surface area contributed by atoms with Crippen molar-refractivity contribution < 1.29 is 4.79 Å². The molecule has 1 amide bonds. The summed E-state index contributed by atoms with van der Waals surface area (Å²) >= 11 is 1.61. The van der Waals surface area contributed by atoms with Crippen LogP contribution in [-0.4, -0.2) is 15.5 Å². The van der Waals surface area contributed by atoms with Gasteiger partial charge in [0.2, 0.25) is 5.91 Å². The quantitative estimate of drug-likeness (QED) is 0.783. The first-order valence-corrected chi connectivity index (χ1v) is 8.28. The summed E-state index contributed by atoms with van der Waals surface area (Å²) in [5, 5.41) is 5.43. The number of thiophene rings is 1. The average Bonchev–Trinajstić information content (AvgIpc) is 3.06. The normalized spacial score (nSPS) is 10.8. The molecule has 0 radical (unpaired) electrons. The van der Waals surface area contributed by atoms with Crippen molar-refractivity contribution in [2.24, 2.45) is 0 Å². The molecule has 0 saturated heterocycles. The summed E-state index contributed by atoms with van der Waals surface area (Å²) in [5.41, 5.74) is 0.590. The number of nitrogens with one attached hydrogen (secondary N) is 1. The van der Waals surface area contributed by atoms with Crippen molar-refractivity contribution in [1.29, 1.82) is 0 Å². The number of nitrogens with zero attached hydrogens (tertiary/aromatic N) is 2. The number of rotatable bonds is 5. The molecule has 3 aromatic rings. The molecule has 0 aliphatic rings. The molecule has 0 bridgehead atoms. The first-order chi connectivity index (χ1) is 11.1. The molecule has 0 saturated carbocycles. The minimum absolute atomic E-state index is 0.0714. The van der Waals surface area contributed by atoms with Gasteiger partial charge in [-0.05, 0) is 30.5 Å². The van der Waals surface area contributed by atoms with Crippen LogP contribution in [0.15, 0.2) is 46.6 Å². The van der Waals surface area contributed by atoms with E-state index in [-0.39, 0.29) is 17.9 Å². The van der Waals surface area contributed by atoms with Crippen molar-refractivity contribution in [2.45, 2.75) is 26.4 Å². The van der Waals surface area contributed by atoms with E-state index >= 15 is 0 Å². The number of amides is 1. The van der Waals surface area contributed by atoms with Crippen LogP contribution in [-0.2, 0) is 17.9 Å². The van der Waals surface area contributed by atoms with Gasteiger partial charge in [-0.1, -0.05) is 18.2 Å². The minimum atomic E-state index is -0.0980. The third-order valence-electron chi connectivity index (χ3n) is 3.65. The van der Waals surface area contributed by atoms with E-state index in [0.717, 1.165) is 4.88 Å². The molecule has 2 aromatic heterocycles. The fraction of sp³-hybridized carbons (Fsp3) is 0.235. The van der Waals surface area contributed by atoms with Gasteiger partial charge in [0.1, 0.15) is 5.82 Å². The lowest BCUT2D eigenvalue weighted by atomic mass is 10.2. The highest BCUT2D eigenvalue weighted by Crippen LogP contribution is 2.09. The second kappa shape index (κ2) is 6.75. The Bertz CT molecular complexity index is 884. The summed E-state index contributed by atoms with van der Waals surface area (Å²) in [6.45, 7) is 2.65. The van der Waals surface area contributed by atoms with Crippen molar-refractivity contribution in [1.82, 2.24) is 14.9 Å². The van der Waals surface area contributed by atoms with Gasteiger partial charge >= 0.3 is 0 Å². The van der Waals surface area contributed by atoms with Crippen LogP contribution in [0.1, 0.15) is 17.1 Å². The van der Waals surface area contributed by atoms with Gasteiger partial charge in [0, 0.05) is 17.8 Å². The summed E-state index contributed by atoms with van der Waals surface area (Å²) in [6.07, 6.45) is 0.256. The van der Waals surface area contributed by atoms with E-state index in [1.807, 2.05) is 35.7 Å². The van der Waals surface area contributed by atoms with Crippen molar-refractivity contribution in [3.63, 3.8) is 0 Å². The first-order valence-electron chi connectivity index (χ1n) is 7.40. The highest BCUT2D eigenvalue weighted by Gasteiger charge is 2.09. The van der Waals surface area contributed by atoms with Gasteiger partial charge in [-0.15, -0.1) is 11.3 Å². The van der Waals surface area contributed by atoms with Crippen molar-refractivity contribution in [3.05, 3.63) is 62.8 Å². The molecule has 23 heavy (non-hydrogen) atoms. The Morgan fingerprint density at radius 3 is 2.87 bits per heavy atom. The predicted molar refractivity (Wildman–Crippen MR) is 91.5 cm³/mol. The number of para-hydroxylation sites is 1. The van der Waals surface area contributed by atoms with E-state index in [1.165, 1.54) is 0 Å². The van der Waals surface area contributed by atoms with Crippen LogP contribution in [0.4, 0.5) is 0 Å². The summed E-state index contributed by atoms with van der Waals surface area (Å²) in [6, 6.07) is 11.2. The first kappa shape index (κ1) is 15.4. The number of aryl methyl sites for hydroxylation is 1. The zero-order chi connectivity index (χ0) is 16.2. The van der Waals surface area contributed by atoms with Crippen LogP contribution in [0.25, 0.3) is 10.9 Å². The second-order valence-electron chi connectivity index (χ2n) is 5.24. The lowest BCUT2D eigenvalue weighted by molar-refractivity contribution is -0.121. The van der Waals surface area contributed by atoms with Crippen LogP contribution in [0.5, 0.6) is 0 Å². The highest BCUT2D eigenvalue weighted by molar-refractivity contribution is 7.09. The third kappa shape index (κ3) is 3.48. The van der Waals surface area contributed by atoms with E-state index in [1.54, 1.807) is 28.9 Å². The molecule has 2 heterocycles. The number of carbonyl (C=O) groups excluding carboxylic acids is 1. The van der Waals surface area contributed by atoms with E-state index in [4.69, 9.17) is 0 Å². The molecule has 0 unspecified atom stereocenters. The van der Waals surface area contributed by atoms with Gasteiger partial charge in [0.05, 0.1) is 17.4 Å². The number of benzene rings is 1. The molecule has 1 aromatic carbocycles.